The van der Waals surface area contributed by atoms with Crippen molar-refractivity contribution in [1.29, 1.82) is 5.26 Å². The van der Waals surface area contributed by atoms with Crippen molar-refractivity contribution in [3.8, 4) is 28.5 Å². The van der Waals surface area contributed by atoms with Gasteiger partial charge in [-0.1, -0.05) is 69.3 Å². The van der Waals surface area contributed by atoms with E-state index in [1.54, 1.807) is 0 Å². The molecular formula is C24H25N3. The minimum absolute atomic E-state index is 0.274. The first-order valence-corrected chi connectivity index (χ1v) is 9.41. The number of nitriles is 1. The average molecular weight is 355 g/mol. The van der Waals surface area contributed by atoms with Crippen molar-refractivity contribution in [3.63, 3.8) is 0 Å². The Kier molecular flexibility index (Phi) is 5.57. The van der Waals surface area contributed by atoms with E-state index in [0.29, 0.717) is 11.5 Å². The molecule has 3 rings (SSSR count). The third kappa shape index (κ3) is 4.17. The number of nitrogens with zero attached hydrogens (tertiary/aromatic N) is 2. The van der Waals surface area contributed by atoms with Crippen LogP contribution in [0.3, 0.4) is 0 Å². The molecule has 3 aromatic rings. The number of aromatic nitrogens is 1. The minimum Gasteiger partial charge on any atom is -0.383 e. The first kappa shape index (κ1) is 18.7. The van der Waals surface area contributed by atoms with E-state index >= 15 is 0 Å². The van der Waals surface area contributed by atoms with E-state index in [1.807, 2.05) is 18.2 Å². The molecule has 0 amide bonds. The van der Waals surface area contributed by atoms with E-state index in [9.17, 15) is 5.26 Å². The molecular weight excluding hydrogens is 330 g/mol. The lowest BCUT2D eigenvalue weighted by atomic mass is 9.96. The molecule has 0 radical (unpaired) electrons. The van der Waals surface area contributed by atoms with Gasteiger partial charge in [-0.15, -0.1) is 0 Å². The Morgan fingerprint density at radius 3 is 2.11 bits per heavy atom. The van der Waals surface area contributed by atoms with Crippen LogP contribution in [0.1, 0.15) is 37.5 Å². The van der Waals surface area contributed by atoms with Crippen molar-refractivity contribution in [2.75, 3.05) is 5.73 Å². The third-order valence-corrected chi connectivity index (χ3v) is 4.73. The van der Waals surface area contributed by atoms with Crippen LogP contribution in [-0.2, 0) is 12.8 Å². The zero-order chi connectivity index (χ0) is 19.4. The fourth-order valence-corrected chi connectivity index (χ4v) is 3.26. The Bertz CT molecular complexity index is 962. The van der Waals surface area contributed by atoms with Gasteiger partial charge in [0.2, 0.25) is 0 Å². The fourth-order valence-electron chi connectivity index (χ4n) is 3.26. The van der Waals surface area contributed by atoms with Crippen LogP contribution in [0.25, 0.3) is 22.4 Å². The summed E-state index contributed by atoms with van der Waals surface area (Å²) in [5.74, 6) is 0.896. The molecule has 1 aromatic heterocycles. The highest BCUT2D eigenvalue weighted by Crippen LogP contribution is 2.31. The SMILES string of the molecule is CCc1ccc(-c2cc(-c3ccc(CC(C)C)cc3)nc(N)c2C#N)cc1. The van der Waals surface area contributed by atoms with Gasteiger partial charge in [0, 0.05) is 11.1 Å². The van der Waals surface area contributed by atoms with Gasteiger partial charge < -0.3 is 5.73 Å². The molecule has 136 valence electrons. The number of anilines is 1. The van der Waals surface area contributed by atoms with Crippen LogP contribution in [0.2, 0.25) is 0 Å². The second-order valence-corrected chi connectivity index (χ2v) is 7.27. The van der Waals surface area contributed by atoms with Crippen LogP contribution in [0.4, 0.5) is 5.82 Å². The summed E-state index contributed by atoms with van der Waals surface area (Å²) < 4.78 is 0. The molecule has 3 nitrogen and oxygen atoms in total. The van der Waals surface area contributed by atoms with E-state index in [-0.39, 0.29) is 5.82 Å². The molecule has 0 atom stereocenters. The summed E-state index contributed by atoms with van der Waals surface area (Å²) in [7, 11) is 0. The van der Waals surface area contributed by atoms with Crippen LogP contribution < -0.4 is 5.73 Å². The fraction of sp³-hybridized carbons (Fsp3) is 0.250. The highest BCUT2D eigenvalue weighted by molar-refractivity contribution is 5.80. The highest BCUT2D eigenvalue weighted by Gasteiger charge is 2.13. The van der Waals surface area contributed by atoms with Crippen LogP contribution >= 0.6 is 0 Å². The quantitative estimate of drug-likeness (QED) is 0.645. The van der Waals surface area contributed by atoms with E-state index in [0.717, 1.165) is 35.2 Å². The predicted octanol–water partition coefficient (Wildman–Crippen LogP) is 5.63. The number of hydrogen-bond acceptors (Lipinski definition) is 3. The van der Waals surface area contributed by atoms with Crippen LogP contribution in [0, 0.1) is 17.2 Å². The smallest absolute Gasteiger partial charge is 0.142 e. The first-order valence-electron chi connectivity index (χ1n) is 9.41. The summed E-state index contributed by atoms with van der Waals surface area (Å²) >= 11 is 0. The van der Waals surface area contributed by atoms with Crippen LogP contribution in [0.15, 0.2) is 54.6 Å². The van der Waals surface area contributed by atoms with Gasteiger partial charge in [0.25, 0.3) is 0 Å². The number of aryl methyl sites for hydroxylation is 1. The maximum atomic E-state index is 9.57. The number of rotatable bonds is 5. The Labute approximate surface area is 161 Å². The van der Waals surface area contributed by atoms with Gasteiger partial charge in [-0.3, -0.25) is 0 Å². The van der Waals surface area contributed by atoms with Crippen molar-refractivity contribution in [2.24, 2.45) is 5.92 Å². The summed E-state index contributed by atoms with van der Waals surface area (Å²) in [6.07, 6.45) is 2.04. The molecule has 3 heteroatoms. The molecule has 0 bridgehead atoms. The monoisotopic (exact) mass is 355 g/mol. The van der Waals surface area contributed by atoms with Gasteiger partial charge in [-0.05, 0) is 41.5 Å². The molecule has 0 unspecified atom stereocenters. The summed E-state index contributed by atoms with van der Waals surface area (Å²) in [6, 6.07) is 20.9. The van der Waals surface area contributed by atoms with Gasteiger partial charge in [-0.2, -0.15) is 5.26 Å². The predicted molar refractivity (Wildman–Crippen MR) is 112 cm³/mol. The van der Waals surface area contributed by atoms with Crippen LogP contribution in [-0.4, -0.2) is 4.98 Å². The molecule has 0 saturated heterocycles. The first-order chi connectivity index (χ1) is 13.0. The maximum absolute atomic E-state index is 9.57. The lowest BCUT2D eigenvalue weighted by Crippen LogP contribution is -2.00. The van der Waals surface area contributed by atoms with Crippen molar-refractivity contribution in [1.82, 2.24) is 4.98 Å². The topological polar surface area (TPSA) is 62.7 Å². The number of pyridine rings is 1. The van der Waals surface area contributed by atoms with Gasteiger partial charge >= 0.3 is 0 Å². The molecule has 0 aliphatic carbocycles. The van der Waals surface area contributed by atoms with E-state index in [2.05, 4.69) is 68.2 Å². The number of benzene rings is 2. The zero-order valence-electron chi connectivity index (χ0n) is 16.2. The second kappa shape index (κ2) is 8.05. The van der Waals surface area contributed by atoms with Crippen molar-refractivity contribution < 1.29 is 0 Å². The van der Waals surface area contributed by atoms with E-state index in [1.165, 1.54) is 11.1 Å². The third-order valence-electron chi connectivity index (χ3n) is 4.73. The van der Waals surface area contributed by atoms with Gasteiger partial charge in [0.1, 0.15) is 17.5 Å². The van der Waals surface area contributed by atoms with Crippen molar-refractivity contribution in [3.05, 3.63) is 71.3 Å². The molecule has 0 saturated carbocycles. The molecule has 0 aliphatic heterocycles. The average Bonchev–Trinajstić information content (AvgIpc) is 2.67. The number of nitrogens with two attached hydrogens (primary N) is 1. The zero-order valence-corrected chi connectivity index (χ0v) is 16.2. The highest BCUT2D eigenvalue weighted by atomic mass is 14.8. The lowest BCUT2D eigenvalue weighted by molar-refractivity contribution is 0.647. The largest absolute Gasteiger partial charge is 0.383 e. The Balaban J connectivity index is 2.05. The van der Waals surface area contributed by atoms with Gasteiger partial charge in [0.15, 0.2) is 0 Å². The van der Waals surface area contributed by atoms with Crippen LogP contribution in [0.5, 0.6) is 0 Å². The molecule has 0 fully saturated rings. The van der Waals surface area contributed by atoms with E-state index < -0.39 is 0 Å². The van der Waals surface area contributed by atoms with Crippen molar-refractivity contribution >= 4 is 5.82 Å². The molecule has 2 N–H and O–H groups in total. The Hall–Kier alpha value is -3.12. The van der Waals surface area contributed by atoms with Crippen molar-refractivity contribution in [2.45, 2.75) is 33.6 Å². The Morgan fingerprint density at radius 1 is 0.963 bits per heavy atom. The standard InChI is InChI=1S/C24H25N3/c1-4-17-5-9-19(10-6-17)21-14-23(27-24(26)22(21)15-25)20-11-7-18(8-12-20)13-16(2)3/h5-12,14,16H,4,13H2,1-3H3,(H2,26,27). The van der Waals surface area contributed by atoms with Gasteiger partial charge in [-0.25, -0.2) is 4.98 Å². The molecule has 27 heavy (non-hydrogen) atoms. The van der Waals surface area contributed by atoms with Gasteiger partial charge in [0.05, 0.1) is 5.69 Å². The summed E-state index contributed by atoms with van der Waals surface area (Å²) in [6.45, 7) is 6.56. The molecule has 0 aliphatic rings. The second-order valence-electron chi connectivity index (χ2n) is 7.27. The molecule has 0 spiro atoms. The maximum Gasteiger partial charge on any atom is 0.142 e. The molecule has 1 heterocycles. The minimum atomic E-state index is 0.274. The Morgan fingerprint density at radius 2 is 1.56 bits per heavy atom. The number of hydrogen-bond donors (Lipinski definition) is 1. The number of nitrogen functional groups attached to an aromatic ring is 1. The summed E-state index contributed by atoms with van der Waals surface area (Å²) in [4.78, 5) is 4.48. The molecule has 2 aromatic carbocycles. The summed E-state index contributed by atoms with van der Waals surface area (Å²) in [5, 5.41) is 9.57. The normalized spacial score (nSPS) is 10.8. The summed E-state index contributed by atoms with van der Waals surface area (Å²) in [5.41, 5.74) is 12.7. The van der Waals surface area contributed by atoms with E-state index in [4.69, 9.17) is 5.73 Å². The lowest BCUT2D eigenvalue weighted by Gasteiger charge is -2.11.